The highest BCUT2D eigenvalue weighted by atomic mass is 32.2. The molecule has 16 heavy (non-hydrogen) atoms. The van der Waals surface area contributed by atoms with Crippen LogP contribution in [0.15, 0.2) is 23.1 Å². The van der Waals surface area contributed by atoms with E-state index in [-0.39, 0.29) is 16.7 Å². The van der Waals surface area contributed by atoms with Crippen LogP contribution in [0.1, 0.15) is 24.4 Å². The molecule has 0 amide bonds. The highest BCUT2D eigenvalue weighted by Crippen LogP contribution is 2.35. The van der Waals surface area contributed by atoms with Gasteiger partial charge in [0, 0.05) is 17.9 Å². The van der Waals surface area contributed by atoms with Gasteiger partial charge in [0.1, 0.15) is 5.75 Å². The van der Waals surface area contributed by atoms with Gasteiger partial charge < -0.3 is 10.4 Å². The molecule has 88 valence electrons. The Balaban J connectivity index is 2.57. The van der Waals surface area contributed by atoms with Gasteiger partial charge in [-0.3, -0.25) is 0 Å². The molecule has 1 aliphatic heterocycles. The Morgan fingerprint density at radius 2 is 2.19 bits per heavy atom. The van der Waals surface area contributed by atoms with Crippen molar-refractivity contribution in [1.82, 2.24) is 5.32 Å². The molecule has 2 N–H and O–H groups in total. The van der Waals surface area contributed by atoms with Gasteiger partial charge in [-0.1, -0.05) is 6.07 Å². The van der Waals surface area contributed by atoms with Crippen LogP contribution in [-0.2, 0) is 9.84 Å². The summed E-state index contributed by atoms with van der Waals surface area (Å²) in [5.74, 6) is 0.0577. The summed E-state index contributed by atoms with van der Waals surface area (Å²) >= 11 is 0. The molecule has 0 aromatic heterocycles. The van der Waals surface area contributed by atoms with E-state index in [1.807, 2.05) is 0 Å². The second kappa shape index (κ2) is 4.07. The largest absolute Gasteiger partial charge is 0.508 e. The zero-order valence-electron chi connectivity index (χ0n) is 9.10. The third-order valence-electron chi connectivity index (χ3n) is 2.85. The minimum atomic E-state index is -3.29. The number of nitrogens with one attached hydrogen (secondary N) is 1. The van der Waals surface area contributed by atoms with Gasteiger partial charge in [0.15, 0.2) is 9.84 Å². The Bertz CT molecular complexity index is 490. The number of hydrogen-bond donors (Lipinski definition) is 2. The van der Waals surface area contributed by atoms with Crippen molar-refractivity contribution in [2.75, 3.05) is 12.8 Å². The van der Waals surface area contributed by atoms with Crippen LogP contribution in [0.4, 0.5) is 0 Å². The van der Waals surface area contributed by atoms with E-state index in [0.717, 1.165) is 19.4 Å². The van der Waals surface area contributed by atoms with Gasteiger partial charge in [0.05, 0.1) is 4.90 Å². The fourth-order valence-electron chi connectivity index (χ4n) is 2.14. The number of phenolic OH excluding ortho intramolecular Hbond substituents is 1. The van der Waals surface area contributed by atoms with Crippen LogP contribution < -0.4 is 5.32 Å². The molecule has 1 saturated heterocycles. The normalized spacial score (nSPS) is 21.2. The molecule has 1 aromatic rings. The van der Waals surface area contributed by atoms with Crippen LogP contribution >= 0.6 is 0 Å². The first-order chi connectivity index (χ1) is 7.50. The molecule has 0 saturated carbocycles. The lowest BCUT2D eigenvalue weighted by molar-refractivity contribution is 0.452. The van der Waals surface area contributed by atoms with Crippen molar-refractivity contribution in [1.29, 1.82) is 0 Å². The summed E-state index contributed by atoms with van der Waals surface area (Å²) in [6.07, 6.45) is 3.03. The third-order valence-corrected chi connectivity index (χ3v) is 4.01. The molecule has 1 unspecified atom stereocenters. The van der Waals surface area contributed by atoms with Crippen LogP contribution in [0.25, 0.3) is 0 Å². The average molecular weight is 241 g/mol. The van der Waals surface area contributed by atoms with Gasteiger partial charge >= 0.3 is 0 Å². The maximum absolute atomic E-state index is 11.6. The van der Waals surface area contributed by atoms with Gasteiger partial charge in [0.2, 0.25) is 0 Å². The lowest BCUT2D eigenvalue weighted by Crippen LogP contribution is -2.16. The SMILES string of the molecule is CS(=O)(=O)c1cccc(O)c1C1CCCN1. The molecule has 0 bridgehead atoms. The molecule has 5 heteroatoms. The van der Waals surface area contributed by atoms with E-state index in [1.165, 1.54) is 12.3 Å². The van der Waals surface area contributed by atoms with Gasteiger partial charge in [0.25, 0.3) is 0 Å². The zero-order valence-corrected chi connectivity index (χ0v) is 9.92. The summed E-state index contributed by atoms with van der Waals surface area (Å²) in [6, 6.07) is 4.59. The molecule has 1 atom stereocenters. The molecule has 4 nitrogen and oxygen atoms in total. The average Bonchev–Trinajstić information content (AvgIpc) is 2.68. The van der Waals surface area contributed by atoms with E-state index < -0.39 is 9.84 Å². The van der Waals surface area contributed by atoms with Crippen molar-refractivity contribution in [2.24, 2.45) is 0 Å². The van der Waals surface area contributed by atoms with Crippen molar-refractivity contribution in [3.8, 4) is 5.75 Å². The van der Waals surface area contributed by atoms with Crippen LogP contribution in [0.2, 0.25) is 0 Å². The number of benzene rings is 1. The Kier molecular flexibility index (Phi) is 2.90. The first-order valence-corrected chi connectivity index (χ1v) is 7.14. The summed E-state index contributed by atoms with van der Waals surface area (Å²) in [6.45, 7) is 0.863. The van der Waals surface area contributed by atoms with E-state index in [4.69, 9.17) is 0 Å². The van der Waals surface area contributed by atoms with Crippen molar-refractivity contribution in [3.05, 3.63) is 23.8 Å². The smallest absolute Gasteiger partial charge is 0.175 e. The zero-order chi connectivity index (χ0) is 11.8. The van der Waals surface area contributed by atoms with E-state index in [9.17, 15) is 13.5 Å². The Hall–Kier alpha value is -1.07. The summed E-state index contributed by atoms with van der Waals surface area (Å²) in [7, 11) is -3.29. The molecule has 1 heterocycles. The van der Waals surface area contributed by atoms with Crippen molar-refractivity contribution in [2.45, 2.75) is 23.8 Å². The molecule has 2 rings (SSSR count). The standard InChI is InChI=1S/C11H15NO3S/c1-16(14,15)10-6-2-5-9(13)11(10)8-4-3-7-12-8/h2,5-6,8,12-13H,3-4,7H2,1H3. The highest BCUT2D eigenvalue weighted by Gasteiger charge is 2.25. The lowest BCUT2D eigenvalue weighted by atomic mass is 10.0. The second-order valence-electron chi connectivity index (χ2n) is 4.11. The maximum Gasteiger partial charge on any atom is 0.175 e. The topological polar surface area (TPSA) is 66.4 Å². The van der Waals surface area contributed by atoms with Gasteiger partial charge in [-0.25, -0.2) is 8.42 Å². The van der Waals surface area contributed by atoms with E-state index >= 15 is 0 Å². The minimum Gasteiger partial charge on any atom is -0.508 e. The molecule has 0 radical (unpaired) electrons. The van der Waals surface area contributed by atoms with Crippen LogP contribution in [0.3, 0.4) is 0 Å². The van der Waals surface area contributed by atoms with Gasteiger partial charge in [-0.15, -0.1) is 0 Å². The van der Waals surface area contributed by atoms with E-state index in [2.05, 4.69) is 5.32 Å². The fraction of sp³-hybridized carbons (Fsp3) is 0.455. The molecule has 1 aliphatic rings. The Morgan fingerprint density at radius 3 is 2.75 bits per heavy atom. The van der Waals surface area contributed by atoms with Crippen molar-refractivity contribution in [3.63, 3.8) is 0 Å². The van der Waals surface area contributed by atoms with Gasteiger partial charge in [-0.2, -0.15) is 0 Å². The molecular weight excluding hydrogens is 226 g/mol. The monoisotopic (exact) mass is 241 g/mol. The maximum atomic E-state index is 11.6. The summed E-state index contributed by atoms with van der Waals surface area (Å²) in [5, 5.41) is 13.0. The summed E-state index contributed by atoms with van der Waals surface area (Å²) in [4.78, 5) is 0.229. The minimum absolute atomic E-state index is 0.0501. The first kappa shape index (κ1) is 11.4. The number of hydrogen-bond acceptors (Lipinski definition) is 4. The molecule has 1 fully saturated rings. The predicted octanol–water partition coefficient (Wildman–Crippen LogP) is 1.22. The predicted molar refractivity (Wildman–Crippen MR) is 61.2 cm³/mol. The highest BCUT2D eigenvalue weighted by molar-refractivity contribution is 7.90. The Morgan fingerprint density at radius 1 is 1.44 bits per heavy atom. The van der Waals surface area contributed by atoms with E-state index in [1.54, 1.807) is 12.1 Å². The number of sulfone groups is 1. The quantitative estimate of drug-likeness (QED) is 0.817. The number of rotatable bonds is 2. The third kappa shape index (κ3) is 2.05. The molecule has 1 aromatic carbocycles. The number of phenols is 1. The van der Waals surface area contributed by atoms with Crippen molar-refractivity contribution >= 4 is 9.84 Å². The lowest BCUT2D eigenvalue weighted by Gasteiger charge is -2.16. The second-order valence-corrected chi connectivity index (χ2v) is 6.09. The van der Waals surface area contributed by atoms with Crippen LogP contribution in [0, 0.1) is 0 Å². The molecular formula is C11H15NO3S. The van der Waals surface area contributed by atoms with Gasteiger partial charge in [-0.05, 0) is 31.5 Å². The first-order valence-electron chi connectivity index (χ1n) is 5.25. The van der Waals surface area contributed by atoms with Crippen LogP contribution in [0.5, 0.6) is 5.75 Å². The van der Waals surface area contributed by atoms with Crippen LogP contribution in [-0.4, -0.2) is 26.3 Å². The summed E-state index contributed by atoms with van der Waals surface area (Å²) < 4.78 is 23.2. The molecule has 0 aliphatic carbocycles. The Labute approximate surface area is 95.2 Å². The molecule has 0 spiro atoms. The van der Waals surface area contributed by atoms with E-state index in [0.29, 0.717) is 5.56 Å². The fourth-order valence-corrected chi connectivity index (χ4v) is 3.11. The van der Waals surface area contributed by atoms with Crippen molar-refractivity contribution < 1.29 is 13.5 Å². The summed E-state index contributed by atoms with van der Waals surface area (Å²) in [5.41, 5.74) is 0.516. The number of aromatic hydroxyl groups is 1.